The lowest BCUT2D eigenvalue weighted by molar-refractivity contribution is 0.137. The Balaban J connectivity index is 1.80. The fraction of sp³-hybridized carbons (Fsp3) is 0.227. The van der Waals surface area contributed by atoms with E-state index in [-0.39, 0.29) is 6.10 Å². The van der Waals surface area contributed by atoms with Crippen LogP contribution in [0.5, 0.6) is 0 Å². The summed E-state index contributed by atoms with van der Waals surface area (Å²) in [5, 5.41) is 7.79. The molecule has 5 heteroatoms. The van der Waals surface area contributed by atoms with Gasteiger partial charge >= 0.3 is 0 Å². The van der Waals surface area contributed by atoms with E-state index in [1.165, 1.54) is 23.9 Å². The zero-order chi connectivity index (χ0) is 18.5. The van der Waals surface area contributed by atoms with E-state index in [9.17, 15) is 0 Å². The summed E-state index contributed by atoms with van der Waals surface area (Å²) >= 11 is 9.84. The number of pyridine rings is 1. The van der Waals surface area contributed by atoms with Gasteiger partial charge in [-0.05, 0) is 54.1 Å². The maximum absolute atomic E-state index is 6.33. The molecular formula is C22H18BrClN2O. The highest BCUT2D eigenvalue weighted by molar-refractivity contribution is 9.10. The second-order valence-corrected chi connectivity index (χ2v) is 8.45. The number of rotatable bonds is 4. The molecule has 0 bridgehead atoms. The van der Waals surface area contributed by atoms with Crippen LogP contribution in [0.3, 0.4) is 0 Å². The van der Waals surface area contributed by atoms with E-state index in [4.69, 9.17) is 21.4 Å². The zero-order valence-corrected chi connectivity index (χ0v) is 17.2. The van der Waals surface area contributed by atoms with Crippen molar-refractivity contribution in [2.75, 3.05) is 7.11 Å². The zero-order valence-electron chi connectivity index (χ0n) is 14.8. The number of nitrogens with zero attached hydrogens (tertiary/aromatic N) is 2. The summed E-state index contributed by atoms with van der Waals surface area (Å²) in [7, 11) is 1.75. The molecule has 2 heterocycles. The van der Waals surface area contributed by atoms with Gasteiger partial charge in [-0.25, -0.2) is 4.52 Å². The van der Waals surface area contributed by atoms with Gasteiger partial charge in [-0.2, -0.15) is 5.10 Å². The molecule has 4 aromatic rings. The molecule has 1 atom stereocenters. The van der Waals surface area contributed by atoms with Crippen molar-refractivity contribution in [1.29, 1.82) is 0 Å². The van der Waals surface area contributed by atoms with Gasteiger partial charge in [0.25, 0.3) is 0 Å². The summed E-state index contributed by atoms with van der Waals surface area (Å²) in [5.74, 6) is 0.592. The van der Waals surface area contributed by atoms with Crippen LogP contribution in [-0.4, -0.2) is 16.7 Å². The fourth-order valence-corrected chi connectivity index (χ4v) is 4.28. The van der Waals surface area contributed by atoms with Crippen LogP contribution in [-0.2, 0) is 4.74 Å². The highest BCUT2D eigenvalue weighted by Gasteiger charge is 2.29. The first-order valence-electron chi connectivity index (χ1n) is 9.04. The summed E-state index contributed by atoms with van der Waals surface area (Å²) in [6, 6.07) is 16.6. The third-order valence-electron chi connectivity index (χ3n) is 5.30. The van der Waals surface area contributed by atoms with Crippen molar-refractivity contribution in [3.8, 4) is 0 Å². The second kappa shape index (κ2) is 6.62. The highest BCUT2D eigenvalue weighted by Crippen LogP contribution is 2.43. The van der Waals surface area contributed by atoms with Gasteiger partial charge in [-0.15, -0.1) is 0 Å². The summed E-state index contributed by atoms with van der Waals surface area (Å²) in [5.41, 5.74) is 4.53. The number of hydrogen-bond acceptors (Lipinski definition) is 2. The van der Waals surface area contributed by atoms with Crippen LogP contribution in [0.2, 0.25) is 5.02 Å². The van der Waals surface area contributed by atoms with Crippen LogP contribution in [0.25, 0.3) is 16.3 Å². The average Bonchev–Trinajstić information content (AvgIpc) is 3.43. The predicted molar refractivity (Wildman–Crippen MR) is 113 cm³/mol. The summed E-state index contributed by atoms with van der Waals surface area (Å²) in [4.78, 5) is 0. The minimum atomic E-state index is -0.188. The number of aromatic nitrogens is 2. The molecule has 0 radical (unpaired) electrons. The van der Waals surface area contributed by atoms with E-state index in [2.05, 4.69) is 44.7 Å². The molecule has 136 valence electrons. The van der Waals surface area contributed by atoms with Crippen LogP contribution >= 0.6 is 27.5 Å². The van der Waals surface area contributed by atoms with Crippen molar-refractivity contribution >= 4 is 43.8 Å². The number of ether oxygens (including phenoxy) is 1. The molecule has 1 unspecified atom stereocenters. The summed E-state index contributed by atoms with van der Waals surface area (Å²) in [6.07, 6.45) is 4.21. The molecule has 1 aliphatic rings. The number of benzene rings is 2. The van der Waals surface area contributed by atoms with E-state index >= 15 is 0 Å². The molecule has 5 rings (SSSR count). The first kappa shape index (κ1) is 17.2. The van der Waals surface area contributed by atoms with Crippen LogP contribution in [0, 0.1) is 0 Å². The van der Waals surface area contributed by atoms with E-state index < -0.39 is 0 Å². The molecule has 0 amide bonds. The first-order chi connectivity index (χ1) is 13.2. The van der Waals surface area contributed by atoms with Crippen molar-refractivity contribution in [1.82, 2.24) is 9.61 Å². The van der Waals surface area contributed by atoms with Crippen molar-refractivity contribution in [2.45, 2.75) is 24.9 Å². The maximum atomic E-state index is 6.33. The monoisotopic (exact) mass is 440 g/mol. The molecule has 0 spiro atoms. The molecule has 27 heavy (non-hydrogen) atoms. The molecule has 2 aromatic carbocycles. The Kier molecular flexibility index (Phi) is 4.23. The molecule has 0 saturated heterocycles. The number of hydrogen-bond donors (Lipinski definition) is 0. The van der Waals surface area contributed by atoms with Gasteiger partial charge in [0, 0.05) is 39.2 Å². The lowest BCUT2D eigenvalue weighted by atomic mass is 9.99. The molecule has 3 nitrogen and oxygen atoms in total. The Hall–Kier alpha value is -1.88. The van der Waals surface area contributed by atoms with Gasteiger partial charge < -0.3 is 4.74 Å². The lowest BCUT2D eigenvalue weighted by Crippen LogP contribution is -2.04. The van der Waals surface area contributed by atoms with Gasteiger partial charge in [0.05, 0.1) is 11.7 Å². The standard InChI is InChI=1S/C22H18BrClN2O/c1-27-22(14-4-7-16(23)8-5-14)19-12-25-26-20(13-2-3-13)10-15-6-9-17(24)11-18(15)21(19)26/h4-13,22H,2-3H2,1H3. The highest BCUT2D eigenvalue weighted by atomic mass is 79.9. The first-order valence-corrected chi connectivity index (χ1v) is 10.2. The second-order valence-electron chi connectivity index (χ2n) is 7.10. The van der Waals surface area contributed by atoms with Gasteiger partial charge in [-0.3, -0.25) is 0 Å². The maximum Gasteiger partial charge on any atom is 0.111 e. The molecule has 1 fully saturated rings. The van der Waals surface area contributed by atoms with Gasteiger partial charge in [0.1, 0.15) is 6.10 Å². The van der Waals surface area contributed by atoms with E-state index in [1.54, 1.807) is 7.11 Å². The van der Waals surface area contributed by atoms with Crippen LogP contribution in [0.15, 0.2) is 59.2 Å². The van der Waals surface area contributed by atoms with Crippen LogP contribution in [0.1, 0.15) is 41.7 Å². The average molecular weight is 442 g/mol. The number of halogens is 2. The summed E-state index contributed by atoms with van der Waals surface area (Å²) < 4.78 is 9.07. The Morgan fingerprint density at radius 1 is 1.15 bits per heavy atom. The third kappa shape index (κ3) is 2.96. The molecule has 1 saturated carbocycles. The molecule has 1 aliphatic carbocycles. The molecule has 2 aromatic heterocycles. The SMILES string of the molecule is COC(c1ccc(Br)cc1)c1cnn2c(C3CC3)cc3ccc(Cl)cc3c12. The van der Waals surface area contributed by atoms with Crippen molar-refractivity contribution in [2.24, 2.45) is 0 Å². The minimum absolute atomic E-state index is 0.188. The topological polar surface area (TPSA) is 26.5 Å². The Morgan fingerprint density at radius 2 is 1.93 bits per heavy atom. The van der Waals surface area contributed by atoms with Crippen molar-refractivity contribution in [3.05, 3.63) is 81.0 Å². The van der Waals surface area contributed by atoms with Crippen molar-refractivity contribution in [3.63, 3.8) is 0 Å². The minimum Gasteiger partial charge on any atom is -0.372 e. The number of methoxy groups -OCH3 is 1. The largest absolute Gasteiger partial charge is 0.372 e. The quantitative estimate of drug-likeness (QED) is 0.360. The Labute approximate surface area is 171 Å². The third-order valence-corrected chi connectivity index (χ3v) is 6.07. The fourth-order valence-electron chi connectivity index (χ4n) is 3.85. The number of fused-ring (bicyclic) bond motifs is 3. The predicted octanol–water partition coefficient (Wildman–Crippen LogP) is 6.52. The van der Waals surface area contributed by atoms with E-state index in [0.717, 1.165) is 31.5 Å². The van der Waals surface area contributed by atoms with E-state index in [0.29, 0.717) is 5.92 Å². The lowest BCUT2D eigenvalue weighted by Gasteiger charge is -2.17. The van der Waals surface area contributed by atoms with Gasteiger partial charge in [0.15, 0.2) is 0 Å². The molecular weight excluding hydrogens is 424 g/mol. The smallest absolute Gasteiger partial charge is 0.111 e. The van der Waals surface area contributed by atoms with Gasteiger partial charge in [-0.1, -0.05) is 45.7 Å². The summed E-state index contributed by atoms with van der Waals surface area (Å²) in [6.45, 7) is 0. The van der Waals surface area contributed by atoms with Gasteiger partial charge in [0.2, 0.25) is 0 Å². The molecule has 0 N–H and O–H groups in total. The normalized spacial score (nSPS) is 15.5. The molecule has 0 aliphatic heterocycles. The van der Waals surface area contributed by atoms with Crippen LogP contribution in [0.4, 0.5) is 0 Å². The Bertz CT molecular complexity index is 1150. The Morgan fingerprint density at radius 3 is 2.63 bits per heavy atom. The van der Waals surface area contributed by atoms with Crippen molar-refractivity contribution < 1.29 is 4.74 Å². The van der Waals surface area contributed by atoms with E-state index in [1.807, 2.05) is 30.5 Å². The van der Waals surface area contributed by atoms with Crippen LogP contribution < -0.4 is 0 Å².